The van der Waals surface area contributed by atoms with Gasteiger partial charge in [0.15, 0.2) is 11.3 Å². The molecule has 4 aromatic heterocycles. The van der Waals surface area contributed by atoms with Gasteiger partial charge in [-0.2, -0.15) is 10.2 Å². The molecule has 4 N–H and O–H groups in total. The molecule has 0 bridgehead atoms. The number of nitrogens with zero attached hydrogens (tertiary/aromatic N) is 11. The van der Waals surface area contributed by atoms with E-state index in [-0.39, 0.29) is 23.9 Å². The largest absolute Gasteiger partial charge is 0.457 e. The first kappa shape index (κ1) is 45.2. The number of aromatic nitrogens is 8. The molecule has 70 heavy (non-hydrogen) atoms. The first-order valence-electron chi connectivity index (χ1n) is 23.3. The summed E-state index contributed by atoms with van der Waals surface area (Å²) in [4.78, 5) is 49.8. The summed E-state index contributed by atoms with van der Waals surface area (Å²) in [6.45, 7) is 2.92. The van der Waals surface area contributed by atoms with Crippen LogP contribution in [0.15, 0.2) is 128 Å². The highest BCUT2D eigenvalue weighted by Crippen LogP contribution is 2.37. The molecule has 0 radical (unpaired) electrons. The second kappa shape index (κ2) is 19.9. The fourth-order valence-corrected chi connectivity index (χ4v) is 8.99. The Morgan fingerprint density at radius 2 is 1.14 bits per heavy atom. The number of anilines is 2. The zero-order valence-electron chi connectivity index (χ0n) is 38.9. The number of hydrogen-bond donors (Lipinski definition) is 2. The summed E-state index contributed by atoms with van der Waals surface area (Å²) in [5.41, 5.74) is 17.8. The molecule has 2 aliphatic heterocycles. The highest BCUT2D eigenvalue weighted by molar-refractivity contribution is 5.99. The number of ether oxygens (including phenoxy) is 2. The van der Waals surface area contributed by atoms with Gasteiger partial charge in [0.25, 0.3) is 5.91 Å². The minimum Gasteiger partial charge on any atom is -0.457 e. The molecule has 4 aromatic carbocycles. The van der Waals surface area contributed by atoms with Gasteiger partial charge in [0.05, 0.1) is 28.4 Å². The molecule has 2 aliphatic rings. The van der Waals surface area contributed by atoms with Crippen molar-refractivity contribution >= 4 is 45.5 Å². The lowest BCUT2D eigenvalue weighted by Gasteiger charge is -2.31. The normalized spacial score (nSPS) is 14.6. The predicted molar refractivity (Wildman–Crippen MR) is 268 cm³/mol. The van der Waals surface area contributed by atoms with Crippen molar-refractivity contribution in [3.8, 4) is 57.4 Å². The molecular weight excluding hydrogens is 883 g/mol. The minimum absolute atomic E-state index is 0.0175. The van der Waals surface area contributed by atoms with Crippen LogP contribution in [-0.4, -0.2) is 113 Å². The highest BCUT2D eigenvalue weighted by Gasteiger charge is 2.29. The molecule has 6 heterocycles. The average Bonchev–Trinajstić information content (AvgIpc) is 3.98. The molecule has 0 saturated carbocycles. The lowest BCUT2D eigenvalue weighted by molar-refractivity contribution is -0.127. The van der Waals surface area contributed by atoms with Gasteiger partial charge in [-0.15, -0.1) is 0 Å². The molecule has 17 heteroatoms. The topological polar surface area (TPSA) is 202 Å². The van der Waals surface area contributed by atoms with Gasteiger partial charge in [0, 0.05) is 55.8 Å². The summed E-state index contributed by atoms with van der Waals surface area (Å²) in [7, 11) is 3.94. The Morgan fingerprint density at radius 3 is 1.70 bits per heavy atom. The van der Waals surface area contributed by atoms with Crippen LogP contribution < -0.4 is 20.9 Å². The number of likely N-dealkylation sites (N-methyl/N-ethyl adjacent to an activating group) is 1. The van der Waals surface area contributed by atoms with Crippen LogP contribution in [0.2, 0.25) is 0 Å². The number of nitrogen functional groups attached to an aromatic ring is 2. The van der Waals surface area contributed by atoms with Crippen molar-refractivity contribution in [3.63, 3.8) is 0 Å². The summed E-state index contributed by atoms with van der Waals surface area (Å²) in [5.74, 6) is 8.91. The number of hydrogen-bond acceptors (Lipinski definition) is 13. The molecule has 352 valence electrons. The van der Waals surface area contributed by atoms with Gasteiger partial charge >= 0.3 is 0 Å². The van der Waals surface area contributed by atoms with Crippen LogP contribution >= 0.6 is 0 Å². The molecule has 2 amide bonds. The van der Waals surface area contributed by atoms with Gasteiger partial charge in [0.1, 0.15) is 58.7 Å². The number of likely N-dealkylation sites (tertiary alicyclic amines) is 2. The van der Waals surface area contributed by atoms with Crippen molar-refractivity contribution in [2.75, 3.05) is 58.3 Å². The van der Waals surface area contributed by atoms with E-state index in [0.717, 1.165) is 29.7 Å². The van der Waals surface area contributed by atoms with Crippen molar-refractivity contribution in [1.29, 1.82) is 0 Å². The molecule has 8 aromatic rings. The van der Waals surface area contributed by atoms with E-state index in [0.29, 0.717) is 113 Å². The van der Waals surface area contributed by atoms with E-state index in [1.54, 1.807) is 11.0 Å². The molecule has 10 rings (SSSR count). The van der Waals surface area contributed by atoms with E-state index in [4.69, 9.17) is 31.1 Å². The van der Waals surface area contributed by atoms with Crippen LogP contribution in [-0.2, 0) is 9.59 Å². The van der Waals surface area contributed by atoms with Crippen LogP contribution in [0.4, 0.5) is 11.6 Å². The smallest absolute Gasteiger partial charge is 0.298 e. The van der Waals surface area contributed by atoms with Gasteiger partial charge in [-0.1, -0.05) is 42.3 Å². The number of para-hydroxylation sites is 2. The number of piperidine rings is 2. The van der Waals surface area contributed by atoms with Gasteiger partial charge in [-0.25, -0.2) is 29.3 Å². The minimum atomic E-state index is -0.269. The zero-order chi connectivity index (χ0) is 48.1. The Labute approximate surface area is 404 Å². The number of carbonyl (C=O) groups excluding carboxylic acids is 2. The molecule has 0 aliphatic carbocycles. The number of rotatable bonds is 11. The van der Waals surface area contributed by atoms with Crippen molar-refractivity contribution < 1.29 is 19.1 Å². The quantitative estimate of drug-likeness (QED) is 0.0952. The third kappa shape index (κ3) is 9.58. The molecule has 2 fully saturated rings. The Balaban J connectivity index is 0.789. The second-order valence-electron chi connectivity index (χ2n) is 17.6. The summed E-state index contributed by atoms with van der Waals surface area (Å²) in [6.07, 6.45) is 9.22. The van der Waals surface area contributed by atoms with Crippen LogP contribution in [0.5, 0.6) is 23.0 Å². The van der Waals surface area contributed by atoms with Gasteiger partial charge < -0.3 is 35.6 Å². The maximum absolute atomic E-state index is 13.6. The first-order chi connectivity index (χ1) is 34.2. The second-order valence-corrected chi connectivity index (χ2v) is 17.6. The van der Waals surface area contributed by atoms with Gasteiger partial charge in [-0.3, -0.25) is 9.59 Å². The first-order valence-corrected chi connectivity index (χ1v) is 23.3. The molecular formula is C53H51N13O4. The number of carbonyl (C=O) groups is 2. The van der Waals surface area contributed by atoms with Crippen molar-refractivity contribution in [3.05, 3.63) is 133 Å². The summed E-state index contributed by atoms with van der Waals surface area (Å²) in [5, 5.41) is 11.4. The van der Waals surface area contributed by atoms with E-state index >= 15 is 0 Å². The number of nitrogens with two attached hydrogens (primary N) is 2. The molecule has 0 spiro atoms. The summed E-state index contributed by atoms with van der Waals surface area (Å²) in [6, 6.07) is 32.3. The van der Waals surface area contributed by atoms with Crippen molar-refractivity contribution in [1.82, 2.24) is 54.2 Å². The van der Waals surface area contributed by atoms with Crippen molar-refractivity contribution in [2.24, 2.45) is 0 Å². The van der Waals surface area contributed by atoms with Crippen LogP contribution in [0, 0.1) is 11.8 Å². The number of benzene rings is 4. The van der Waals surface area contributed by atoms with E-state index in [9.17, 15) is 9.59 Å². The highest BCUT2D eigenvalue weighted by atomic mass is 16.5. The lowest BCUT2D eigenvalue weighted by Crippen LogP contribution is -2.38. The van der Waals surface area contributed by atoms with Crippen molar-refractivity contribution in [2.45, 2.75) is 37.8 Å². The third-order valence-electron chi connectivity index (χ3n) is 12.6. The number of fused-ring (bicyclic) bond motifs is 2. The monoisotopic (exact) mass is 933 g/mol. The standard InChI is InChI=1S/C53H51N13O4/c1-62(2)28-8-13-44(67)63-29-24-38(25-30-63)65-53-47(51(55)57-34-59-53)49(61-65)37-16-21-42(22-17-37)70-43-12-7-6-9-35(43)18-23-45(68)64-31-26-39(27-32-64)66-52-46(50(54)56-33-58-52)48(60-66)36-14-19-41(20-15-36)69-40-10-4-3-5-11-40/h3-17,19-22,33-34,38-39H,24-32H2,1-2H3,(H2,54,56,58)(H2,55,57,59)/b13-8+. The zero-order valence-corrected chi connectivity index (χ0v) is 38.9. The van der Waals surface area contributed by atoms with Gasteiger partial charge in [-0.05, 0) is 113 Å². The van der Waals surface area contributed by atoms with Crippen LogP contribution in [0.25, 0.3) is 44.6 Å². The number of amides is 2. The van der Waals surface area contributed by atoms with E-state index < -0.39 is 0 Å². The van der Waals surface area contributed by atoms with E-state index in [1.165, 1.54) is 12.7 Å². The molecule has 17 nitrogen and oxygen atoms in total. The Morgan fingerprint density at radius 1 is 0.643 bits per heavy atom. The fraction of sp³-hybridized carbons (Fsp3) is 0.245. The van der Waals surface area contributed by atoms with Gasteiger partial charge in [0.2, 0.25) is 5.91 Å². The van der Waals surface area contributed by atoms with E-state index in [2.05, 4.69) is 31.8 Å². The molecule has 0 atom stereocenters. The maximum atomic E-state index is 13.6. The third-order valence-corrected chi connectivity index (χ3v) is 12.6. The average molecular weight is 934 g/mol. The maximum Gasteiger partial charge on any atom is 0.298 e. The Bertz CT molecular complexity index is 3270. The Kier molecular flexibility index (Phi) is 12.9. The predicted octanol–water partition coefficient (Wildman–Crippen LogP) is 7.55. The summed E-state index contributed by atoms with van der Waals surface area (Å²) >= 11 is 0. The van der Waals surface area contributed by atoms with Crippen LogP contribution in [0.1, 0.15) is 43.3 Å². The molecule has 2 saturated heterocycles. The SMILES string of the molecule is CN(C)C/C=C/C(=O)N1CCC(n2nc(-c3ccc(Oc4ccccc4C#CC(=O)N4CCC(n5nc(-c6ccc(Oc7ccccc7)cc6)c6c(N)ncnc65)CC4)cc3)c3c(N)ncnc32)CC1. The van der Waals surface area contributed by atoms with E-state index in [1.807, 2.05) is 142 Å². The lowest BCUT2D eigenvalue weighted by atomic mass is 10.0. The fourth-order valence-electron chi connectivity index (χ4n) is 8.99. The summed E-state index contributed by atoms with van der Waals surface area (Å²) < 4.78 is 16.2. The van der Waals surface area contributed by atoms with Crippen LogP contribution in [0.3, 0.4) is 0 Å². The Hall–Kier alpha value is -8.62. The molecule has 0 unspecified atom stereocenters.